The van der Waals surface area contributed by atoms with E-state index in [2.05, 4.69) is 65.6 Å². The number of anilines is 3. The number of amidine groups is 1. The van der Waals surface area contributed by atoms with Crippen molar-refractivity contribution in [2.24, 2.45) is 4.99 Å². The molecule has 1 aromatic heterocycles. The molecule has 0 bridgehead atoms. The highest BCUT2D eigenvalue weighted by atomic mass is 79.9. The fraction of sp³-hybridized carbons (Fsp3) is 0.440. The molecule has 8 nitrogen and oxygen atoms in total. The summed E-state index contributed by atoms with van der Waals surface area (Å²) in [7, 11) is 1.73. The fourth-order valence-corrected chi connectivity index (χ4v) is 3.48. The predicted molar refractivity (Wildman–Crippen MR) is 145 cm³/mol. The lowest BCUT2D eigenvalue weighted by atomic mass is 10.1. The number of halogens is 1. The molecule has 0 atom stereocenters. The third kappa shape index (κ3) is 9.61. The Morgan fingerprint density at radius 2 is 1.88 bits per heavy atom. The fourth-order valence-electron chi connectivity index (χ4n) is 3.19. The summed E-state index contributed by atoms with van der Waals surface area (Å²) in [5.41, 5.74) is 3.11. The molecule has 1 amide bonds. The second kappa shape index (κ2) is 14.5. The molecule has 0 saturated heterocycles. The molecule has 9 heteroatoms. The number of carbonyl (C=O) groups is 1. The molecule has 3 N–H and O–H groups in total. The van der Waals surface area contributed by atoms with Gasteiger partial charge in [0.05, 0.1) is 4.47 Å². The first-order chi connectivity index (χ1) is 16.3. The van der Waals surface area contributed by atoms with Crippen molar-refractivity contribution in [3.63, 3.8) is 0 Å². The predicted octanol–water partition coefficient (Wildman–Crippen LogP) is 4.78. The minimum absolute atomic E-state index is 0.0840. The van der Waals surface area contributed by atoms with E-state index in [1.165, 1.54) is 0 Å². The number of nitrogens with zero attached hydrogens (tertiary/aromatic N) is 4. The summed E-state index contributed by atoms with van der Waals surface area (Å²) in [6.07, 6.45) is 4.82. The first-order valence-corrected chi connectivity index (χ1v) is 12.4. The van der Waals surface area contributed by atoms with E-state index in [1.54, 1.807) is 13.2 Å². The molecule has 0 aliphatic carbocycles. The summed E-state index contributed by atoms with van der Waals surface area (Å²) in [5.74, 6) is 1.89. The lowest BCUT2D eigenvalue weighted by Crippen LogP contribution is -2.34. The van der Waals surface area contributed by atoms with Crippen LogP contribution in [0.15, 0.2) is 51.6 Å². The maximum absolute atomic E-state index is 12.1. The molecule has 184 valence electrons. The number of amides is 1. The van der Waals surface area contributed by atoms with E-state index in [1.807, 2.05) is 44.2 Å². The first kappa shape index (κ1) is 27.5. The van der Waals surface area contributed by atoms with Gasteiger partial charge in [-0.05, 0) is 73.1 Å². The van der Waals surface area contributed by atoms with E-state index in [0.717, 1.165) is 40.9 Å². The highest BCUT2D eigenvalue weighted by molar-refractivity contribution is 9.10. The normalized spacial score (nSPS) is 11.3. The van der Waals surface area contributed by atoms with Gasteiger partial charge in [-0.2, -0.15) is 4.98 Å². The zero-order valence-electron chi connectivity index (χ0n) is 20.8. The smallest absolute Gasteiger partial charge is 0.229 e. The van der Waals surface area contributed by atoms with Gasteiger partial charge in [0.1, 0.15) is 5.84 Å². The van der Waals surface area contributed by atoms with Gasteiger partial charge in [0.15, 0.2) is 5.82 Å². The molecule has 0 aliphatic heterocycles. The molecule has 0 unspecified atom stereocenters. The van der Waals surface area contributed by atoms with Crippen LogP contribution in [-0.4, -0.2) is 59.8 Å². The van der Waals surface area contributed by atoms with Gasteiger partial charge in [-0.1, -0.05) is 31.6 Å². The van der Waals surface area contributed by atoms with Crippen LogP contribution in [0.3, 0.4) is 0 Å². The monoisotopic (exact) mass is 529 g/mol. The summed E-state index contributed by atoms with van der Waals surface area (Å²) >= 11 is 3.48. The van der Waals surface area contributed by atoms with Crippen molar-refractivity contribution in [3.05, 3.63) is 52.1 Å². The largest absolute Gasteiger partial charge is 0.355 e. The van der Waals surface area contributed by atoms with Gasteiger partial charge in [0.2, 0.25) is 11.9 Å². The van der Waals surface area contributed by atoms with Crippen molar-refractivity contribution in [1.29, 1.82) is 0 Å². The number of allylic oxidation sites excluding steroid dienone is 1. The van der Waals surface area contributed by atoms with Gasteiger partial charge in [-0.25, -0.2) is 4.98 Å². The number of aliphatic imine (C=N–C) groups is 1. The van der Waals surface area contributed by atoms with E-state index in [9.17, 15) is 4.79 Å². The van der Waals surface area contributed by atoms with Crippen LogP contribution < -0.4 is 16.0 Å². The maximum Gasteiger partial charge on any atom is 0.229 e. The lowest BCUT2D eigenvalue weighted by Gasteiger charge is -2.17. The second-order valence-electron chi connectivity index (χ2n) is 8.04. The summed E-state index contributed by atoms with van der Waals surface area (Å²) in [6, 6.07) is 7.96. The third-order valence-electron chi connectivity index (χ3n) is 5.15. The number of benzene rings is 1. The van der Waals surface area contributed by atoms with Crippen molar-refractivity contribution in [2.45, 2.75) is 40.5 Å². The minimum Gasteiger partial charge on any atom is -0.355 e. The number of aryl methyl sites for hydroxylation is 1. The first-order valence-electron chi connectivity index (χ1n) is 11.6. The molecule has 2 aromatic rings. The van der Waals surface area contributed by atoms with Crippen LogP contribution in [0.25, 0.3) is 0 Å². The molecule has 1 heterocycles. The van der Waals surface area contributed by atoms with E-state index in [-0.39, 0.29) is 5.91 Å². The number of likely N-dealkylation sites (N-methyl/N-ethyl adjacent to an activating group) is 1. The van der Waals surface area contributed by atoms with Crippen molar-refractivity contribution < 1.29 is 4.79 Å². The van der Waals surface area contributed by atoms with Crippen molar-refractivity contribution in [1.82, 2.24) is 20.2 Å². The molecule has 0 radical (unpaired) electrons. The topological polar surface area (TPSA) is 94.5 Å². The zero-order chi connectivity index (χ0) is 24.9. The molecule has 0 spiro atoms. The van der Waals surface area contributed by atoms with Crippen molar-refractivity contribution in [2.75, 3.05) is 43.9 Å². The molecule has 2 rings (SSSR count). The van der Waals surface area contributed by atoms with E-state index < -0.39 is 0 Å². The molecule has 34 heavy (non-hydrogen) atoms. The van der Waals surface area contributed by atoms with Crippen LogP contribution in [0.5, 0.6) is 0 Å². The Morgan fingerprint density at radius 1 is 1.18 bits per heavy atom. The minimum atomic E-state index is 0.0840. The van der Waals surface area contributed by atoms with E-state index in [4.69, 9.17) is 0 Å². The van der Waals surface area contributed by atoms with Crippen molar-refractivity contribution >= 4 is 45.1 Å². The molecule has 0 fully saturated rings. The molecule has 1 aromatic carbocycles. The number of nitrogens with one attached hydrogen (secondary N) is 3. The quantitative estimate of drug-likeness (QED) is 0.270. The second-order valence-corrected chi connectivity index (χ2v) is 8.90. The number of hydrogen-bond acceptors (Lipinski definition) is 6. The Balaban J connectivity index is 1.90. The number of carbonyl (C=O) groups excluding carboxylic acids is 1. The van der Waals surface area contributed by atoms with Gasteiger partial charge in [-0.3, -0.25) is 9.79 Å². The summed E-state index contributed by atoms with van der Waals surface area (Å²) in [5, 5.41) is 9.44. The van der Waals surface area contributed by atoms with Crippen LogP contribution in [0.1, 0.15) is 39.7 Å². The molecular weight excluding hydrogens is 494 g/mol. The average Bonchev–Trinajstić information content (AvgIpc) is 2.82. The standard InChI is InChI=1S/C25H36BrN7O/c1-6-33(7-2)15-14-28-23(34)13-10-19-8-11-20(12-9-19)30-25-29-17-21(26)24(32-25)31-22(27-5)16-18(3)4/h8-9,11-12,16-17H,6-7,10,13-15H2,1-5H3,(H,28,34)(H2,27,29,30,31,32). The summed E-state index contributed by atoms with van der Waals surface area (Å²) in [6.45, 7) is 11.9. The Labute approximate surface area is 211 Å². The zero-order valence-corrected chi connectivity index (χ0v) is 22.4. The van der Waals surface area contributed by atoms with E-state index in [0.29, 0.717) is 37.0 Å². The number of hydrogen-bond donors (Lipinski definition) is 3. The summed E-state index contributed by atoms with van der Waals surface area (Å²) in [4.78, 5) is 27.6. The van der Waals surface area contributed by atoms with Crippen LogP contribution in [0.2, 0.25) is 0 Å². The van der Waals surface area contributed by atoms with Crippen LogP contribution in [0.4, 0.5) is 17.5 Å². The van der Waals surface area contributed by atoms with Gasteiger partial charge < -0.3 is 20.9 Å². The Bertz CT molecular complexity index is 981. The molecule has 0 aliphatic rings. The van der Waals surface area contributed by atoms with Crippen LogP contribution in [0, 0.1) is 0 Å². The lowest BCUT2D eigenvalue weighted by molar-refractivity contribution is -0.121. The third-order valence-corrected chi connectivity index (χ3v) is 5.73. The van der Waals surface area contributed by atoms with Gasteiger partial charge >= 0.3 is 0 Å². The van der Waals surface area contributed by atoms with Crippen molar-refractivity contribution in [3.8, 4) is 0 Å². The van der Waals surface area contributed by atoms with E-state index >= 15 is 0 Å². The molecule has 0 saturated carbocycles. The maximum atomic E-state index is 12.1. The summed E-state index contributed by atoms with van der Waals surface area (Å²) < 4.78 is 0.743. The highest BCUT2D eigenvalue weighted by Gasteiger charge is 2.08. The number of aromatic nitrogens is 2. The number of rotatable bonds is 12. The van der Waals surface area contributed by atoms with Gasteiger partial charge in [0.25, 0.3) is 0 Å². The Kier molecular flexibility index (Phi) is 11.7. The SMILES string of the molecule is CCN(CC)CCNC(=O)CCc1ccc(Nc2ncc(Br)c(NC(C=C(C)C)=NC)n2)cc1. The highest BCUT2D eigenvalue weighted by Crippen LogP contribution is 2.22. The Hall–Kier alpha value is -2.78. The van der Waals surface area contributed by atoms with Crippen LogP contribution in [-0.2, 0) is 11.2 Å². The Morgan fingerprint density at radius 3 is 2.50 bits per heavy atom. The average molecular weight is 531 g/mol. The molecular formula is C25H36BrN7O. The van der Waals surface area contributed by atoms with Gasteiger partial charge in [-0.15, -0.1) is 0 Å². The van der Waals surface area contributed by atoms with Gasteiger partial charge in [0, 0.05) is 38.4 Å². The van der Waals surface area contributed by atoms with Crippen LogP contribution >= 0.6 is 15.9 Å².